The first-order valence-corrected chi connectivity index (χ1v) is 9.58. The number of likely N-dealkylation sites (N-methyl/N-ethyl adjacent to an activating group) is 1. The molecule has 1 saturated heterocycles. The van der Waals surface area contributed by atoms with Crippen molar-refractivity contribution < 1.29 is 13.2 Å². The number of benzene rings is 1. The van der Waals surface area contributed by atoms with Gasteiger partial charge in [0.1, 0.15) is 0 Å². The maximum Gasteiger partial charge on any atom is 0.240 e. The highest BCUT2D eigenvalue weighted by molar-refractivity contribution is 7.89. The number of hydrogen-bond donors (Lipinski definition) is 3. The molecule has 0 aromatic heterocycles. The van der Waals surface area contributed by atoms with Gasteiger partial charge >= 0.3 is 0 Å². The summed E-state index contributed by atoms with van der Waals surface area (Å²) >= 11 is 0. The molecule has 8 heteroatoms. The Kier molecular flexibility index (Phi) is 6.34. The second kappa shape index (κ2) is 8.06. The van der Waals surface area contributed by atoms with E-state index in [0.717, 1.165) is 5.56 Å². The van der Waals surface area contributed by atoms with E-state index < -0.39 is 10.0 Å². The van der Waals surface area contributed by atoms with Gasteiger partial charge in [-0.1, -0.05) is 17.7 Å². The SMILES string of the molecule is Cc1ccc(S(=O)(=O)NCCCNC(=O)[C@@H]2C[C@H](N)CN2C)cc1. The van der Waals surface area contributed by atoms with Gasteiger partial charge < -0.3 is 11.1 Å². The van der Waals surface area contributed by atoms with Crippen LogP contribution in [0.4, 0.5) is 0 Å². The zero-order valence-corrected chi connectivity index (χ0v) is 15.0. The number of hydrogen-bond acceptors (Lipinski definition) is 5. The van der Waals surface area contributed by atoms with Crippen molar-refractivity contribution in [3.63, 3.8) is 0 Å². The first-order valence-electron chi connectivity index (χ1n) is 8.09. The molecule has 0 unspecified atom stereocenters. The van der Waals surface area contributed by atoms with Gasteiger partial charge in [-0.2, -0.15) is 0 Å². The van der Waals surface area contributed by atoms with E-state index >= 15 is 0 Å². The lowest BCUT2D eigenvalue weighted by molar-refractivity contribution is -0.125. The number of likely N-dealkylation sites (tertiary alicyclic amines) is 1. The highest BCUT2D eigenvalue weighted by Crippen LogP contribution is 2.14. The fourth-order valence-electron chi connectivity index (χ4n) is 2.77. The minimum atomic E-state index is -3.50. The Labute approximate surface area is 143 Å². The number of nitrogens with two attached hydrogens (primary N) is 1. The van der Waals surface area contributed by atoms with E-state index in [1.807, 2.05) is 18.9 Å². The fraction of sp³-hybridized carbons (Fsp3) is 0.562. The summed E-state index contributed by atoms with van der Waals surface area (Å²) in [6, 6.07) is 6.53. The molecular formula is C16H26N4O3S. The maximum atomic E-state index is 12.1. The van der Waals surface area contributed by atoms with Crippen LogP contribution in [0.15, 0.2) is 29.2 Å². The van der Waals surface area contributed by atoms with Crippen molar-refractivity contribution in [1.29, 1.82) is 0 Å². The molecule has 1 aliphatic rings. The first-order chi connectivity index (χ1) is 11.3. The number of nitrogens with one attached hydrogen (secondary N) is 2. The molecule has 0 saturated carbocycles. The Balaban J connectivity index is 1.71. The average molecular weight is 354 g/mol. The Hall–Kier alpha value is -1.48. The van der Waals surface area contributed by atoms with Crippen LogP contribution in [-0.4, -0.2) is 58.0 Å². The van der Waals surface area contributed by atoms with Gasteiger partial charge in [0, 0.05) is 25.7 Å². The van der Waals surface area contributed by atoms with Crippen LogP contribution in [0.5, 0.6) is 0 Å². The number of sulfonamides is 1. The molecule has 4 N–H and O–H groups in total. The second-order valence-corrected chi connectivity index (χ2v) is 8.07. The zero-order chi connectivity index (χ0) is 17.7. The minimum absolute atomic E-state index is 0.0343. The molecule has 24 heavy (non-hydrogen) atoms. The molecule has 1 aromatic rings. The van der Waals surface area contributed by atoms with Gasteiger partial charge in [0.05, 0.1) is 10.9 Å². The Bertz CT molecular complexity index is 660. The van der Waals surface area contributed by atoms with Crippen LogP contribution in [0.25, 0.3) is 0 Å². The molecule has 7 nitrogen and oxygen atoms in total. The molecule has 0 bridgehead atoms. The van der Waals surface area contributed by atoms with Crippen LogP contribution in [0, 0.1) is 6.92 Å². The van der Waals surface area contributed by atoms with Gasteiger partial charge in [-0.3, -0.25) is 9.69 Å². The summed E-state index contributed by atoms with van der Waals surface area (Å²) in [6.07, 6.45) is 1.18. The normalized spacial score (nSPS) is 21.8. The smallest absolute Gasteiger partial charge is 0.240 e. The number of rotatable bonds is 7. The van der Waals surface area contributed by atoms with Crippen LogP contribution in [0.3, 0.4) is 0 Å². The molecule has 1 amide bonds. The van der Waals surface area contributed by atoms with Crippen molar-refractivity contribution in [1.82, 2.24) is 14.9 Å². The van der Waals surface area contributed by atoms with E-state index in [9.17, 15) is 13.2 Å². The van der Waals surface area contributed by atoms with E-state index in [1.165, 1.54) is 0 Å². The summed E-state index contributed by atoms with van der Waals surface area (Å²) in [4.78, 5) is 14.3. The lowest BCUT2D eigenvalue weighted by atomic mass is 10.1. The van der Waals surface area contributed by atoms with E-state index in [-0.39, 0.29) is 29.4 Å². The molecule has 1 heterocycles. The third-order valence-electron chi connectivity index (χ3n) is 4.16. The van der Waals surface area contributed by atoms with Crippen molar-refractivity contribution in [2.24, 2.45) is 5.73 Å². The van der Waals surface area contributed by atoms with Crippen LogP contribution < -0.4 is 15.8 Å². The lowest BCUT2D eigenvalue weighted by Crippen LogP contribution is -2.42. The van der Waals surface area contributed by atoms with Gasteiger partial charge in [-0.05, 0) is 38.9 Å². The summed E-state index contributed by atoms with van der Waals surface area (Å²) < 4.78 is 26.8. The Morgan fingerprint density at radius 1 is 1.29 bits per heavy atom. The van der Waals surface area contributed by atoms with Crippen LogP contribution in [0.2, 0.25) is 0 Å². The minimum Gasteiger partial charge on any atom is -0.355 e. The second-order valence-electron chi connectivity index (χ2n) is 6.31. The van der Waals surface area contributed by atoms with Gasteiger partial charge in [-0.15, -0.1) is 0 Å². The Morgan fingerprint density at radius 2 is 1.96 bits per heavy atom. The van der Waals surface area contributed by atoms with Crippen molar-refractivity contribution in [3.8, 4) is 0 Å². The molecule has 1 aromatic carbocycles. The lowest BCUT2D eigenvalue weighted by Gasteiger charge is -2.18. The molecule has 134 valence electrons. The van der Waals surface area contributed by atoms with E-state index in [0.29, 0.717) is 25.9 Å². The maximum absolute atomic E-state index is 12.1. The number of amides is 1. The predicted octanol–water partition coefficient (Wildman–Crippen LogP) is -0.189. The van der Waals surface area contributed by atoms with Gasteiger partial charge in [0.15, 0.2) is 0 Å². The Morgan fingerprint density at radius 3 is 2.54 bits per heavy atom. The highest BCUT2D eigenvalue weighted by atomic mass is 32.2. The summed E-state index contributed by atoms with van der Waals surface area (Å²) in [6.45, 7) is 3.32. The van der Waals surface area contributed by atoms with Crippen molar-refractivity contribution in [2.75, 3.05) is 26.7 Å². The number of aryl methyl sites for hydroxylation is 1. The highest BCUT2D eigenvalue weighted by Gasteiger charge is 2.32. The van der Waals surface area contributed by atoms with Gasteiger partial charge in [0.25, 0.3) is 0 Å². The molecule has 2 rings (SSSR count). The number of nitrogens with zero attached hydrogens (tertiary/aromatic N) is 1. The molecule has 0 spiro atoms. The van der Waals surface area contributed by atoms with Crippen molar-refractivity contribution in [3.05, 3.63) is 29.8 Å². The standard InChI is InChI=1S/C16H26N4O3S/c1-12-4-6-14(7-5-12)24(22,23)19-9-3-8-18-16(21)15-10-13(17)11-20(15)2/h4-7,13,15,19H,3,8-11,17H2,1-2H3,(H,18,21)/t13-,15-/m0/s1. The van der Waals surface area contributed by atoms with Crippen molar-refractivity contribution in [2.45, 2.75) is 36.7 Å². The molecule has 0 radical (unpaired) electrons. The third kappa shape index (κ3) is 5.01. The monoisotopic (exact) mass is 354 g/mol. The van der Waals surface area contributed by atoms with E-state index in [2.05, 4.69) is 10.0 Å². The summed E-state index contributed by atoms with van der Waals surface area (Å²) in [5.41, 5.74) is 6.85. The number of carbonyl (C=O) groups excluding carboxylic acids is 1. The zero-order valence-electron chi connectivity index (χ0n) is 14.2. The summed E-state index contributed by atoms with van der Waals surface area (Å²) in [5, 5.41) is 2.84. The van der Waals surface area contributed by atoms with E-state index in [1.54, 1.807) is 24.3 Å². The van der Waals surface area contributed by atoms with Gasteiger partial charge in [0.2, 0.25) is 15.9 Å². The van der Waals surface area contributed by atoms with Crippen LogP contribution in [-0.2, 0) is 14.8 Å². The topological polar surface area (TPSA) is 105 Å². The quantitative estimate of drug-likeness (QED) is 0.589. The van der Waals surface area contributed by atoms with E-state index in [4.69, 9.17) is 5.73 Å². The molecule has 0 aliphatic carbocycles. The van der Waals surface area contributed by atoms with Crippen LogP contribution >= 0.6 is 0 Å². The summed E-state index contributed by atoms with van der Waals surface area (Å²) in [5.74, 6) is -0.0492. The number of carbonyl (C=O) groups is 1. The first kappa shape index (κ1) is 18.9. The van der Waals surface area contributed by atoms with Crippen LogP contribution in [0.1, 0.15) is 18.4 Å². The fourth-order valence-corrected chi connectivity index (χ4v) is 3.84. The molecule has 1 fully saturated rings. The largest absolute Gasteiger partial charge is 0.355 e. The van der Waals surface area contributed by atoms with Crippen molar-refractivity contribution >= 4 is 15.9 Å². The third-order valence-corrected chi connectivity index (χ3v) is 5.64. The van der Waals surface area contributed by atoms with Gasteiger partial charge in [-0.25, -0.2) is 13.1 Å². The molecule has 2 atom stereocenters. The summed E-state index contributed by atoms with van der Waals surface area (Å²) in [7, 11) is -1.62. The predicted molar refractivity (Wildman–Crippen MR) is 93.0 cm³/mol. The average Bonchev–Trinajstić information content (AvgIpc) is 2.86. The molecule has 1 aliphatic heterocycles. The molecular weight excluding hydrogens is 328 g/mol.